The monoisotopic (exact) mass is 510 g/mol. The molecule has 182 valence electrons. The second-order valence-corrected chi connectivity index (χ2v) is 8.52. The fourth-order valence-corrected chi connectivity index (χ4v) is 4.02. The lowest BCUT2D eigenvalue weighted by atomic mass is 10.2. The molecule has 2 aromatic carbocycles. The first-order valence-corrected chi connectivity index (χ1v) is 11.1. The number of benzene rings is 2. The fourth-order valence-electron chi connectivity index (χ4n) is 2.96. The first kappa shape index (κ1) is 23.8. The topological polar surface area (TPSA) is 122 Å². The Morgan fingerprint density at radius 2 is 1.77 bits per heavy atom. The highest BCUT2D eigenvalue weighted by Gasteiger charge is 2.22. The molecule has 9 nitrogen and oxygen atoms in total. The normalized spacial score (nSPS) is 11.5. The van der Waals surface area contributed by atoms with Gasteiger partial charge in [-0.3, -0.25) is 10.0 Å². The lowest BCUT2D eigenvalue weighted by molar-refractivity contribution is -0.0498. The number of rotatable bonds is 7. The second-order valence-electron chi connectivity index (χ2n) is 6.84. The number of hydrogen-bond acceptors (Lipinski definition) is 6. The number of H-pyrrole nitrogens is 1. The molecule has 0 saturated carbocycles. The molecule has 0 aliphatic carbocycles. The summed E-state index contributed by atoms with van der Waals surface area (Å²) in [6.45, 7) is -3.10. The van der Waals surface area contributed by atoms with E-state index in [0.29, 0.717) is 11.0 Å². The second kappa shape index (κ2) is 9.50. The Morgan fingerprint density at radius 3 is 2.49 bits per heavy atom. The molecule has 4 aromatic rings. The Hall–Kier alpha value is -4.33. The number of halogens is 4. The van der Waals surface area contributed by atoms with Crippen LogP contribution in [-0.4, -0.2) is 31.1 Å². The highest BCUT2D eigenvalue weighted by Crippen LogP contribution is 2.29. The average Bonchev–Trinajstić information content (AvgIpc) is 3.26. The van der Waals surface area contributed by atoms with Crippen molar-refractivity contribution in [1.82, 2.24) is 9.97 Å². The van der Waals surface area contributed by atoms with Crippen molar-refractivity contribution in [3.05, 3.63) is 72.6 Å². The van der Waals surface area contributed by atoms with Gasteiger partial charge in [-0.25, -0.2) is 27.0 Å². The zero-order valence-corrected chi connectivity index (χ0v) is 18.1. The van der Waals surface area contributed by atoms with Crippen molar-refractivity contribution in [1.29, 1.82) is 0 Å². The molecule has 0 aliphatic heterocycles. The van der Waals surface area contributed by atoms with E-state index in [2.05, 4.69) is 14.7 Å². The van der Waals surface area contributed by atoms with Gasteiger partial charge in [0.15, 0.2) is 11.6 Å². The van der Waals surface area contributed by atoms with E-state index in [1.54, 1.807) is 12.3 Å². The summed E-state index contributed by atoms with van der Waals surface area (Å²) in [5.41, 5.74) is -1.12. The number of anilines is 2. The highest BCUT2D eigenvalue weighted by atomic mass is 32.2. The number of aromatic nitrogens is 2. The molecule has 35 heavy (non-hydrogen) atoms. The maximum Gasteiger partial charge on any atom is 0.417 e. The number of pyridine rings is 1. The number of ether oxygens (including phenoxy) is 2. The molecule has 0 fully saturated rings. The molecule has 0 spiro atoms. The summed E-state index contributed by atoms with van der Waals surface area (Å²) in [7, 11) is -4.41. The quantitative estimate of drug-likeness (QED) is 0.306. The summed E-state index contributed by atoms with van der Waals surface area (Å²) in [4.78, 5) is 18.6. The standard InChI is InChI=1S/C21H14F4N4O5S/c22-15-5-6-16(29-35(31,32)14-3-1-12(2-4-14)33-20(24)25)17(23)18(15)28-21(30)34-13-9-11-7-8-26-19(11)27-10-13/h1-10,20,29H,(H,26,27)(H,28,30). The Kier molecular flexibility index (Phi) is 6.46. The molecule has 3 N–H and O–H groups in total. The largest absolute Gasteiger partial charge is 0.435 e. The summed E-state index contributed by atoms with van der Waals surface area (Å²) in [6.07, 6.45) is 1.58. The van der Waals surface area contributed by atoms with E-state index in [1.807, 2.05) is 10.0 Å². The zero-order chi connectivity index (χ0) is 25.2. The van der Waals surface area contributed by atoms with Crippen molar-refractivity contribution in [2.75, 3.05) is 10.0 Å². The SMILES string of the molecule is O=C(Nc1c(F)ccc(NS(=O)(=O)c2ccc(OC(F)F)cc2)c1F)Oc1cnc2[nH]ccc2c1. The minimum absolute atomic E-state index is 0.00783. The Morgan fingerprint density at radius 1 is 1.03 bits per heavy atom. The number of nitrogens with one attached hydrogen (secondary N) is 3. The molecule has 14 heteroatoms. The molecule has 0 unspecified atom stereocenters. The molecule has 4 rings (SSSR count). The van der Waals surface area contributed by atoms with Gasteiger partial charge < -0.3 is 14.5 Å². The minimum atomic E-state index is -4.41. The smallest absolute Gasteiger partial charge is 0.417 e. The van der Waals surface area contributed by atoms with E-state index in [-0.39, 0.29) is 11.5 Å². The Bertz CT molecular complexity index is 1490. The molecular weight excluding hydrogens is 496 g/mol. The number of hydrogen-bond donors (Lipinski definition) is 3. The number of nitrogens with zero attached hydrogens (tertiary/aromatic N) is 1. The van der Waals surface area contributed by atoms with Gasteiger partial charge in [0, 0.05) is 11.6 Å². The number of amides is 1. The van der Waals surface area contributed by atoms with Crippen LogP contribution in [0.5, 0.6) is 11.5 Å². The van der Waals surface area contributed by atoms with Crippen LogP contribution in [0.25, 0.3) is 11.0 Å². The van der Waals surface area contributed by atoms with Crippen LogP contribution in [-0.2, 0) is 10.0 Å². The number of sulfonamides is 1. The highest BCUT2D eigenvalue weighted by molar-refractivity contribution is 7.92. The fraction of sp³-hybridized carbons (Fsp3) is 0.0476. The predicted octanol–water partition coefficient (Wildman–Crippen LogP) is 4.85. The molecule has 0 atom stereocenters. The summed E-state index contributed by atoms with van der Waals surface area (Å²) in [5.74, 6) is -2.92. The van der Waals surface area contributed by atoms with E-state index < -0.39 is 50.6 Å². The summed E-state index contributed by atoms with van der Waals surface area (Å²) in [6, 6.07) is 8.52. The van der Waals surface area contributed by atoms with Crippen molar-refractivity contribution >= 4 is 38.5 Å². The number of carbonyl (C=O) groups excluding carboxylic acids is 1. The van der Waals surface area contributed by atoms with Gasteiger partial charge in [0.1, 0.15) is 22.9 Å². The van der Waals surface area contributed by atoms with Crippen molar-refractivity contribution in [2.24, 2.45) is 0 Å². The van der Waals surface area contributed by atoms with Crippen molar-refractivity contribution in [3.63, 3.8) is 0 Å². The molecular formula is C21H14F4N4O5S. The van der Waals surface area contributed by atoms with E-state index >= 15 is 0 Å². The Labute approximate surface area is 194 Å². The lowest BCUT2D eigenvalue weighted by Crippen LogP contribution is -2.20. The molecule has 0 radical (unpaired) electrons. The van der Waals surface area contributed by atoms with Crippen LogP contribution in [0.2, 0.25) is 0 Å². The van der Waals surface area contributed by atoms with Crippen molar-refractivity contribution in [3.8, 4) is 11.5 Å². The number of fused-ring (bicyclic) bond motifs is 1. The molecule has 0 saturated heterocycles. The van der Waals surface area contributed by atoms with Gasteiger partial charge in [0.2, 0.25) is 0 Å². The zero-order valence-electron chi connectivity index (χ0n) is 17.3. The summed E-state index contributed by atoms with van der Waals surface area (Å²) < 4.78 is 89.8. The van der Waals surface area contributed by atoms with Crippen molar-refractivity contribution < 1.29 is 40.2 Å². The van der Waals surface area contributed by atoms with Gasteiger partial charge in [-0.05, 0) is 48.5 Å². The first-order valence-electron chi connectivity index (χ1n) is 9.60. The van der Waals surface area contributed by atoms with E-state index in [9.17, 15) is 30.8 Å². The van der Waals surface area contributed by atoms with Crippen LogP contribution in [0, 0.1) is 11.6 Å². The molecule has 0 bridgehead atoms. The van der Waals surface area contributed by atoms with Crippen LogP contribution in [0.15, 0.2) is 65.8 Å². The average molecular weight is 510 g/mol. The molecule has 2 heterocycles. The third kappa shape index (κ3) is 5.43. The van der Waals surface area contributed by atoms with Gasteiger partial charge in [-0.2, -0.15) is 8.78 Å². The van der Waals surface area contributed by atoms with Crippen LogP contribution in [0.4, 0.5) is 33.7 Å². The van der Waals surface area contributed by atoms with Gasteiger partial charge in [0.05, 0.1) is 16.8 Å². The third-order valence-corrected chi connectivity index (χ3v) is 5.89. The van der Waals surface area contributed by atoms with Gasteiger partial charge >= 0.3 is 12.7 Å². The Balaban J connectivity index is 1.51. The van der Waals surface area contributed by atoms with Gasteiger partial charge in [-0.15, -0.1) is 0 Å². The number of carbonyl (C=O) groups is 1. The minimum Gasteiger partial charge on any atom is -0.435 e. The lowest BCUT2D eigenvalue weighted by Gasteiger charge is -2.13. The summed E-state index contributed by atoms with van der Waals surface area (Å²) in [5, 5.41) is 2.51. The number of aromatic amines is 1. The maximum absolute atomic E-state index is 14.9. The maximum atomic E-state index is 14.9. The van der Waals surface area contributed by atoms with E-state index in [0.717, 1.165) is 36.4 Å². The third-order valence-electron chi connectivity index (χ3n) is 4.51. The van der Waals surface area contributed by atoms with Crippen LogP contribution in [0.3, 0.4) is 0 Å². The van der Waals surface area contributed by atoms with Gasteiger partial charge in [-0.1, -0.05) is 0 Å². The van der Waals surface area contributed by atoms with E-state index in [1.165, 1.54) is 12.3 Å². The van der Waals surface area contributed by atoms with Crippen LogP contribution >= 0.6 is 0 Å². The predicted molar refractivity (Wildman–Crippen MR) is 116 cm³/mol. The summed E-state index contributed by atoms with van der Waals surface area (Å²) >= 11 is 0. The number of alkyl halides is 2. The molecule has 1 amide bonds. The van der Waals surface area contributed by atoms with Crippen LogP contribution in [0.1, 0.15) is 0 Å². The molecule has 2 aromatic heterocycles. The molecule has 0 aliphatic rings. The van der Waals surface area contributed by atoms with Crippen LogP contribution < -0.4 is 19.5 Å². The van der Waals surface area contributed by atoms with Gasteiger partial charge in [0.25, 0.3) is 10.0 Å². The van der Waals surface area contributed by atoms with E-state index in [4.69, 9.17) is 4.74 Å². The first-order chi connectivity index (χ1) is 16.6. The van der Waals surface area contributed by atoms with Crippen molar-refractivity contribution in [2.45, 2.75) is 11.5 Å².